The Labute approximate surface area is 167 Å². The summed E-state index contributed by atoms with van der Waals surface area (Å²) in [6.07, 6.45) is 1.00. The molecule has 1 unspecified atom stereocenters. The molecular weight excluding hydrogens is 408 g/mol. The van der Waals surface area contributed by atoms with E-state index >= 15 is 0 Å². The van der Waals surface area contributed by atoms with Crippen LogP contribution in [0, 0.1) is 0 Å². The third kappa shape index (κ3) is 6.76. The van der Waals surface area contributed by atoms with Gasteiger partial charge in [-0.25, -0.2) is 13.1 Å². The lowest BCUT2D eigenvalue weighted by molar-refractivity contribution is -0.116. The van der Waals surface area contributed by atoms with Crippen molar-refractivity contribution in [1.82, 2.24) is 14.9 Å². The third-order valence-electron chi connectivity index (χ3n) is 3.54. The van der Waals surface area contributed by atoms with Crippen LogP contribution in [0.5, 0.6) is 5.75 Å². The monoisotopic (exact) mass is 430 g/mol. The van der Waals surface area contributed by atoms with E-state index < -0.39 is 10.0 Å². The first kappa shape index (κ1) is 21.6. The normalized spacial score (nSPS) is 12.6. The molecule has 0 spiro atoms. The van der Waals surface area contributed by atoms with E-state index in [1.54, 1.807) is 23.9 Å². The van der Waals surface area contributed by atoms with Gasteiger partial charge < -0.3 is 10.1 Å². The standard InChI is InChI=1S/C16H22N4O4S3/c1-4-11(2)25-16-20-19-15(26-16)18-14(21)9-10-17-27(22,23)13-7-5-12(24-3)6-8-13/h5-8,11,17H,4,9-10H2,1-3H3,(H,18,19,21). The van der Waals surface area contributed by atoms with Gasteiger partial charge in [0, 0.05) is 18.2 Å². The molecule has 1 atom stereocenters. The van der Waals surface area contributed by atoms with Crippen molar-refractivity contribution in [2.75, 3.05) is 19.0 Å². The lowest BCUT2D eigenvalue weighted by Crippen LogP contribution is -2.27. The summed E-state index contributed by atoms with van der Waals surface area (Å²) in [5, 5.41) is 11.4. The fourth-order valence-corrected chi connectivity index (χ4v) is 4.93. The number of hydrogen-bond donors (Lipinski definition) is 2. The van der Waals surface area contributed by atoms with Crippen LogP contribution in [-0.2, 0) is 14.8 Å². The van der Waals surface area contributed by atoms with Gasteiger partial charge in [-0.15, -0.1) is 10.2 Å². The summed E-state index contributed by atoms with van der Waals surface area (Å²) < 4.78 is 32.6. The molecule has 0 saturated carbocycles. The lowest BCUT2D eigenvalue weighted by atomic mass is 10.3. The number of benzene rings is 1. The summed E-state index contributed by atoms with van der Waals surface area (Å²) in [6.45, 7) is 4.17. The Hall–Kier alpha value is -1.69. The van der Waals surface area contributed by atoms with Gasteiger partial charge in [0.15, 0.2) is 4.34 Å². The van der Waals surface area contributed by atoms with Gasteiger partial charge in [-0.1, -0.05) is 36.9 Å². The fraction of sp³-hybridized carbons (Fsp3) is 0.438. The molecular formula is C16H22N4O4S3. The molecule has 11 heteroatoms. The fourth-order valence-electron chi connectivity index (χ4n) is 1.88. The topological polar surface area (TPSA) is 110 Å². The molecule has 0 aliphatic carbocycles. The van der Waals surface area contributed by atoms with E-state index in [9.17, 15) is 13.2 Å². The highest BCUT2D eigenvalue weighted by atomic mass is 32.2. The zero-order chi connectivity index (χ0) is 19.9. The molecule has 0 aliphatic heterocycles. The van der Waals surface area contributed by atoms with Crippen LogP contribution >= 0.6 is 23.1 Å². The number of ether oxygens (including phenoxy) is 1. The van der Waals surface area contributed by atoms with Crippen LogP contribution in [0.3, 0.4) is 0 Å². The first-order valence-electron chi connectivity index (χ1n) is 8.27. The van der Waals surface area contributed by atoms with Gasteiger partial charge in [0.1, 0.15) is 5.75 Å². The Morgan fingerprint density at radius 3 is 2.63 bits per heavy atom. The van der Waals surface area contributed by atoms with E-state index in [-0.39, 0.29) is 23.8 Å². The Kier molecular flexibility index (Phi) is 8.02. The highest BCUT2D eigenvalue weighted by molar-refractivity contribution is 8.01. The van der Waals surface area contributed by atoms with E-state index in [4.69, 9.17) is 4.74 Å². The number of sulfonamides is 1. The number of anilines is 1. The zero-order valence-corrected chi connectivity index (χ0v) is 17.7. The predicted octanol–water partition coefficient (Wildman–Crippen LogP) is 2.74. The van der Waals surface area contributed by atoms with Crippen LogP contribution in [0.25, 0.3) is 0 Å². The van der Waals surface area contributed by atoms with Crippen LogP contribution in [0.4, 0.5) is 5.13 Å². The molecule has 1 aromatic heterocycles. The maximum Gasteiger partial charge on any atom is 0.240 e. The SMILES string of the molecule is CCC(C)Sc1nnc(NC(=O)CCNS(=O)(=O)c2ccc(OC)cc2)s1. The minimum Gasteiger partial charge on any atom is -0.497 e. The molecule has 0 bridgehead atoms. The molecule has 2 rings (SSSR count). The second-order valence-corrected chi connectivity index (χ2v) is 10.0. The number of thioether (sulfide) groups is 1. The van der Waals surface area contributed by atoms with E-state index in [2.05, 4.69) is 34.1 Å². The van der Waals surface area contributed by atoms with Crippen molar-refractivity contribution in [3.05, 3.63) is 24.3 Å². The number of amides is 1. The summed E-state index contributed by atoms with van der Waals surface area (Å²) in [7, 11) is -2.18. The van der Waals surface area contributed by atoms with Crippen molar-refractivity contribution < 1.29 is 17.9 Å². The number of aromatic nitrogens is 2. The van der Waals surface area contributed by atoms with Gasteiger partial charge in [-0.3, -0.25) is 4.79 Å². The zero-order valence-electron chi connectivity index (χ0n) is 15.3. The van der Waals surface area contributed by atoms with Crippen LogP contribution in [0.1, 0.15) is 26.7 Å². The number of methoxy groups -OCH3 is 1. The smallest absolute Gasteiger partial charge is 0.240 e. The van der Waals surface area contributed by atoms with Crippen LogP contribution < -0.4 is 14.8 Å². The Morgan fingerprint density at radius 1 is 1.30 bits per heavy atom. The quantitative estimate of drug-likeness (QED) is 0.440. The maximum absolute atomic E-state index is 12.2. The van der Waals surface area contributed by atoms with Crippen molar-refractivity contribution in [2.24, 2.45) is 0 Å². The minimum atomic E-state index is -3.68. The Morgan fingerprint density at radius 2 is 2.00 bits per heavy atom. The minimum absolute atomic E-state index is 0.0111. The number of nitrogens with one attached hydrogen (secondary N) is 2. The summed E-state index contributed by atoms with van der Waals surface area (Å²) in [5.41, 5.74) is 0. The number of hydrogen-bond acceptors (Lipinski definition) is 8. The van der Waals surface area contributed by atoms with Crippen molar-refractivity contribution in [1.29, 1.82) is 0 Å². The van der Waals surface area contributed by atoms with Crippen LogP contribution in [0.2, 0.25) is 0 Å². The Balaban J connectivity index is 1.81. The molecule has 148 valence electrons. The molecule has 2 N–H and O–H groups in total. The number of nitrogens with zero attached hydrogens (tertiary/aromatic N) is 2. The summed E-state index contributed by atoms with van der Waals surface area (Å²) in [4.78, 5) is 12.1. The van der Waals surface area contributed by atoms with Gasteiger partial charge >= 0.3 is 0 Å². The van der Waals surface area contributed by atoms with E-state index in [1.807, 2.05) is 0 Å². The summed E-state index contributed by atoms with van der Waals surface area (Å²) in [6, 6.07) is 6.01. The third-order valence-corrected chi connectivity index (χ3v) is 7.21. The van der Waals surface area contributed by atoms with Gasteiger partial charge in [0.25, 0.3) is 0 Å². The van der Waals surface area contributed by atoms with Gasteiger partial charge in [0.05, 0.1) is 12.0 Å². The van der Waals surface area contributed by atoms with Crippen molar-refractivity contribution in [3.8, 4) is 5.75 Å². The lowest BCUT2D eigenvalue weighted by Gasteiger charge is -2.07. The highest BCUT2D eigenvalue weighted by Gasteiger charge is 2.15. The van der Waals surface area contributed by atoms with E-state index in [1.165, 1.54) is 30.6 Å². The average Bonchev–Trinajstić information content (AvgIpc) is 3.08. The molecule has 0 saturated heterocycles. The second-order valence-electron chi connectivity index (χ2n) is 5.58. The average molecular weight is 431 g/mol. The first-order chi connectivity index (χ1) is 12.8. The van der Waals surface area contributed by atoms with E-state index in [0.717, 1.165) is 10.8 Å². The molecule has 0 aliphatic rings. The van der Waals surface area contributed by atoms with Crippen molar-refractivity contribution >= 4 is 44.2 Å². The number of carbonyl (C=O) groups is 1. The Bertz CT molecular complexity index is 853. The molecule has 1 heterocycles. The molecule has 1 aromatic carbocycles. The molecule has 2 aromatic rings. The first-order valence-corrected chi connectivity index (χ1v) is 11.5. The largest absolute Gasteiger partial charge is 0.497 e. The molecule has 0 fully saturated rings. The molecule has 8 nitrogen and oxygen atoms in total. The van der Waals surface area contributed by atoms with E-state index in [0.29, 0.717) is 16.1 Å². The van der Waals surface area contributed by atoms with Gasteiger partial charge in [0.2, 0.25) is 21.1 Å². The summed E-state index contributed by atoms with van der Waals surface area (Å²) >= 11 is 2.91. The molecule has 0 radical (unpaired) electrons. The van der Waals surface area contributed by atoms with Gasteiger partial charge in [-0.2, -0.15) is 0 Å². The summed E-state index contributed by atoms with van der Waals surface area (Å²) in [5.74, 6) is 0.236. The molecule has 27 heavy (non-hydrogen) atoms. The van der Waals surface area contributed by atoms with Crippen LogP contribution in [0.15, 0.2) is 33.5 Å². The number of carbonyl (C=O) groups excluding carboxylic acids is 1. The van der Waals surface area contributed by atoms with Crippen molar-refractivity contribution in [3.63, 3.8) is 0 Å². The predicted molar refractivity (Wildman–Crippen MR) is 107 cm³/mol. The maximum atomic E-state index is 12.2. The van der Waals surface area contributed by atoms with Gasteiger partial charge in [-0.05, 0) is 30.7 Å². The number of rotatable bonds is 10. The van der Waals surface area contributed by atoms with Crippen molar-refractivity contribution in [2.45, 2.75) is 41.2 Å². The highest BCUT2D eigenvalue weighted by Crippen LogP contribution is 2.29. The molecule has 1 amide bonds. The van der Waals surface area contributed by atoms with Crippen LogP contribution in [-0.4, -0.2) is 43.4 Å². The second kappa shape index (κ2) is 10.0.